The zero-order valence-corrected chi connectivity index (χ0v) is 14.0. The van der Waals surface area contributed by atoms with E-state index in [1.165, 1.54) is 0 Å². The Labute approximate surface area is 128 Å². The van der Waals surface area contributed by atoms with Crippen LogP contribution in [0.1, 0.15) is 48.2 Å². The summed E-state index contributed by atoms with van der Waals surface area (Å²) in [6.45, 7) is 9.62. The quantitative estimate of drug-likeness (QED) is 0.724. The van der Waals surface area contributed by atoms with Crippen LogP contribution in [0.3, 0.4) is 0 Å². The molecule has 0 heterocycles. The Balaban J connectivity index is 3.18. The van der Waals surface area contributed by atoms with Gasteiger partial charge in [-0.1, -0.05) is 26.0 Å². The van der Waals surface area contributed by atoms with E-state index in [1.807, 2.05) is 40.1 Å². The van der Waals surface area contributed by atoms with Crippen molar-refractivity contribution >= 4 is 5.97 Å². The predicted octanol–water partition coefficient (Wildman–Crippen LogP) is 3.24. The van der Waals surface area contributed by atoms with Gasteiger partial charge >= 0.3 is 5.97 Å². The second-order valence-corrected chi connectivity index (χ2v) is 5.70. The van der Waals surface area contributed by atoms with E-state index in [0.29, 0.717) is 24.5 Å². The zero-order valence-electron chi connectivity index (χ0n) is 14.0. The summed E-state index contributed by atoms with van der Waals surface area (Å²) in [5, 5.41) is 0. The second-order valence-electron chi connectivity index (χ2n) is 5.70. The fourth-order valence-corrected chi connectivity index (χ4v) is 2.09. The molecule has 0 unspecified atom stereocenters. The van der Waals surface area contributed by atoms with Gasteiger partial charge in [0.15, 0.2) is 0 Å². The molecular formula is C17H27NO3. The smallest absolute Gasteiger partial charge is 0.342 e. The zero-order chi connectivity index (χ0) is 16.0. The molecule has 4 nitrogen and oxygen atoms in total. The van der Waals surface area contributed by atoms with Crippen LogP contribution >= 0.6 is 0 Å². The van der Waals surface area contributed by atoms with Crippen molar-refractivity contribution in [3.8, 4) is 5.75 Å². The van der Waals surface area contributed by atoms with Gasteiger partial charge < -0.3 is 14.4 Å². The van der Waals surface area contributed by atoms with E-state index in [4.69, 9.17) is 9.47 Å². The third-order valence-electron chi connectivity index (χ3n) is 3.28. The first-order chi connectivity index (χ1) is 9.88. The number of hydrogen-bond acceptors (Lipinski definition) is 4. The molecule has 0 aliphatic rings. The summed E-state index contributed by atoms with van der Waals surface area (Å²) >= 11 is 0. The molecule has 0 fully saturated rings. The summed E-state index contributed by atoms with van der Waals surface area (Å²) in [5.74, 6) is 0.649. The largest absolute Gasteiger partial charge is 0.491 e. The monoisotopic (exact) mass is 293 g/mol. The van der Waals surface area contributed by atoms with E-state index >= 15 is 0 Å². The van der Waals surface area contributed by atoms with Crippen LogP contribution in [0.25, 0.3) is 0 Å². The highest BCUT2D eigenvalue weighted by Crippen LogP contribution is 2.33. The van der Waals surface area contributed by atoms with Crippen LogP contribution in [0, 0.1) is 6.92 Å². The van der Waals surface area contributed by atoms with Gasteiger partial charge in [0.05, 0.1) is 6.61 Å². The number of rotatable bonds is 7. The third kappa shape index (κ3) is 4.74. The highest BCUT2D eigenvalue weighted by molar-refractivity contribution is 5.94. The van der Waals surface area contributed by atoms with Gasteiger partial charge in [0.25, 0.3) is 0 Å². The number of likely N-dealkylation sites (N-methyl/N-ethyl adjacent to an activating group) is 1. The minimum atomic E-state index is -0.308. The van der Waals surface area contributed by atoms with Gasteiger partial charge in [-0.15, -0.1) is 0 Å². The number of hydrogen-bond donors (Lipinski definition) is 0. The van der Waals surface area contributed by atoms with Gasteiger partial charge in [0.1, 0.15) is 17.9 Å². The molecule has 118 valence electrons. The number of carbonyl (C=O) groups excluding carboxylic acids is 1. The SMILES string of the molecule is CCOC(=O)c1c(C)ccc(C(C)C)c1OCCN(C)C. The van der Waals surface area contributed by atoms with Crippen molar-refractivity contribution in [3.63, 3.8) is 0 Å². The molecule has 1 aromatic rings. The Bertz CT molecular complexity index is 481. The lowest BCUT2D eigenvalue weighted by atomic mass is 9.96. The molecule has 1 rings (SSSR count). The molecule has 4 heteroatoms. The maximum Gasteiger partial charge on any atom is 0.342 e. The molecule has 0 bridgehead atoms. The maximum absolute atomic E-state index is 12.2. The van der Waals surface area contributed by atoms with Crippen molar-refractivity contribution in [2.24, 2.45) is 0 Å². The number of esters is 1. The lowest BCUT2D eigenvalue weighted by Crippen LogP contribution is -2.21. The summed E-state index contributed by atoms with van der Waals surface area (Å²) in [6, 6.07) is 3.99. The highest BCUT2D eigenvalue weighted by atomic mass is 16.5. The van der Waals surface area contributed by atoms with E-state index in [-0.39, 0.29) is 11.9 Å². The fraction of sp³-hybridized carbons (Fsp3) is 0.588. The molecule has 0 amide bonds. The first-order valence-corrected chi connectivity index (χ1v) is 7.46. The summed E-state index contributed by atoms with van der Waals surface area (Å²) in [7, 11) is 3.99. The molecule has 0 radical (unpaired) electrons. The van der Waals surface area contributed by atoms with E-state index in [0.717, 1.165) is 17.7 Å². The lowest BCUT2D eigenvalue weighted by molar-refractivity contribution is 0.0520. The molecule has 0 aromatic heterocycles. The van der Waals surface area contributed by atoms with E-state index in [2.05, 4.69) is 18.7 Å². The Morgan fingerprint density at radius 3 is 2.48 bits per heavy atom. The molecule has 0 saturated heterocycles. The molecule has 0 saturated carbocycles. The molecule has 0 aliphatic heterocycles. The lowest BCUT2D eigenvalue weighted by Gasteiger charge is -2.20. The molecule has 0 spiro atoms. The maximum atomic E-state index is 12.2. The first kappa shape index (κ1) is 17.5. The van der Waals surface area contributed by atoms with Crippen LogP contribution < -0.4 is 4.74 Å². The van der Waals surface area contributed by atoms with Gasteiger partial charge in [0.2, 0.25) is 0 Å². The van der Waals surface area contributed by atoms with Crippen LogP contribution in [0.5, 0.6) is 5.75 Å². The van der Waals surface area contributed by atoms with Crippen LogP contribution in [-0.4, -0.2) is 44.7 Å². The molecule has 21 heavy (non-hydrogen) atoms. The Morgan fingerprint density at radius 1 is 1.29 bits per heavy atom. The Kier molecular flexibility index (Phi) is 6.69. The normalized spacial score (nSPS) is 11.0. The summed E-state index contributed by atoms with van der Waals surface area (Å²) in [6.07, 6.45) is 0. The van der Waals surface area contributed by atoms with Gasteiger partial charge in [-0.25, -0.2) is 4.79 Å². The standard InChI is InChI=1S/C17H27NO3/c1-7-20-17(19)15-13(4)8-9-14(12(2)3)16(15)21-11-10-18(5)6/h8-9,12H,7,10-11H2,1-6H3. The molecule has 0 atom stereocenters. The Hall–Kier alpha value is -1.55. The van der Waals surface area contributed by atoms with Gasteiger partial charge in [-0.05, 0) is 45.0 Å². The van der Waals surface area contributed by atoms with E-state index < -0.39 is 0 Å². The van der Waals surface area contributed by atoms with Gasteiger partial charge in [-0.3, -0.25) is 0 Å². The number of ether oxygens (including phenoxy) is 2. The molecule has 1 aromatic carbocycles. The number of aryl methyl sites for hydroxylation is 1. The molecule has 0 aliphatic carbocycles. The minimum Gasteiger partial charge on any atom is -0.491 e. The summed E-state index contributed by atoms with van der Waals surface area (Å²) in [4.78, 5) is 14.3. The van der Waals surface area contributed by atoms with Crippen LogP contribution in [-0.2, 0) is 4.74 Å². The molecular weight excluding hydrogens is 266 g/mol. The van der Waals surface area contributed by atoms with E-state index in [9.17, 15) is 4.79 Å². The fourth-order valence-electron chi connectivity index (χ4n) is 2.09. The van der Waals surface area contributed by atoms with Crippen molar-refractivity contribution in [2.45, 2.75) is 33.6 Å². The van der Waals surface area contributed by atoms with E-state index in [1.54, 1.807) is 0 Å². The summed E-state index contributed by atoms with van der Waals surface area (Å²) in [5.41, 5.74) is 2.49. The molecule has 0 N–H and O–H groups in total. The number of benzene rings is 1. The van der Waals surface area contributed by atoms with Crippen LogP contribution in [0.2, 0.25) is 0 Å². The first-order valence-electron chi connectivity index (χ1n) is 7.46. The summed E-state index contributed by atoms with van der Waals surface area (Å²) < 4.78 is 11.1. The Morgan fingerprint density at radius 2 is 1.95 bits per heavy atom. The average Bonchev–Trinajstić information content (AvgIpc) is 2.38. The third-order valence-corrected chi connectivity index (χ3v) is 3.28. The number of nitrogens with zero attached hydrogens (tertiary/aromatic N) is 1. The second kappa shape index (κ2) is 8.03. The number of carbonyl (C=O) groups is 1. The van der Waals surface area contributed by atoms with Crippen LogP contribution in [0.15, 0.2) is 12.1 Å². The average molecular weight is 293 g/mol. The van der Waals surface area contributed by atoms with Crippen molar-refractivity contribution in [1.82, 2.24) is 4.90 Å². The predicted molar refractivity (Wildman–Crippen MR) is 85.3 cm³/mol. The minimum absolute atomic E-state index is 0.285. The highest BCUT2D eigenvalue weighted by Gasteiger charge is 2.21. The van der Waals surface area contributed by atoms with Crippen molar-refractivity contribution in [2.75, 3.05) is 33.9 Å². The van der Waals surface area contributed by atoms with Crippen molar-refractivity contribution in [3.05, 3.63) is 28.8 Å². The van der Waals surface area contributed by atoms with Gasteiger partial charge in [0, 0.05) is 6.54 Å². The van der Waals surface area contributed by atoms with Crippen molar-refractivity contribution in [1.29, 1.82) is 0 Å². The van der Waals surface area contributed by atoms with Crippen LogP contribution in [0.4, 0.5) is 0 Å². The van der Waals surface area contributed by atoms with Crippen molar-refractivity contribution < 1.29 is 14.3 Å². The topological polar surface area (TPSA) is 38.8 Å². The van der Waals surface area contributed by atoms with Gasteiger partial charge in [-0.2, -0.15) is 0 Å².